The molecule has 0 amide bonds. The second kappa shape index (κ2) is 5.39. The summed E-state index contributed by atoms with van der Waals surface area (Å²) in [7, 11) is 0. The molecule has 17 heavy (non-hydrogen) atoms. The van der Waals surface area contributed by atoms with E-state index in [1.807, 2.05) is 0 Å². The van der Waals surface area contributed by atoms with Crippen molar-refractivity contribution in [2.45, 2.75) is 32.6 Å². The van der Waals surface area contributed by atoms with Crippen LogP contribution in [0.15, 0.2) is 36.9 Å². The molecule has 1 heteroatoms. The second-order valence-electron chi connectivity index (χ2n) is 5.31. The Kier molecular flexibility index (Phi) is 3.88. The molecule has 0 radical (unpaired) electrons. The van der Waals surface area contributed by atoms with Gasteiger partial charge in [0, 0.05) is 18.8 Å². The number of anilines is 1. The lowest BCUT2D eigenvalue weighted by atomic mass is 9.96. The van der Waals surface area contributed by atoms with Gasteiger partial charge in [-0.15, -0.1) is 6.58 Å². The molecule has 1 nitrogen and oxygen atoms in total. The summed E-state index contributed by atoms with van der Waals surface area (Å²) >= 11 is 0. The van der Waals surface area contributed by atoms with Gasteiger partial charge in [0.15, 0.2) is 0 Å². The van der Waals surface area contributed by atoms with Gasteiger partial charge >= 0.3 is 0 Å². The predicted molar refractivity (Wildman–Crippen MR) is 75.7 cm³/mol. The summed E-state index contributed by atoms with van der Waals surface area (Å²) in [6.07, 6.45) is 4.60. The minimum Gasteiger partial charge on any atom is -0.371 e. The van der Waals surface area contributed by atoms with Crippen LogP contribution in [0, 0.1) is 5.92 Å². The van der Waals surface area contributed by atoms with Crippen molar-refractivity contribution in [2.75, 3.05) is 18.0 Å². The van der Waals surface area contributed by atoms with Crippen molar-refractivity contribution in [1.82, 2.24) is 0 Å². The molecule has 1 aliphatic rings. The fraction of sp³-hybridized carbons (Fsp3) is 0.500. The van der Waals surface area contributed by atoms with Crippen molar-refractivity contribution in [3.63, 3.8) is 0 Å². The molecule has 1 aromatic carbocycles. The van der Waals surface area contributed by atoms with Crippen molar-refractivity contribution >= 4 is 5.69 Å². The molecule has 0 N–H and O–H groups in total. The Morgan fingerprint density at radius 1 is 1.29 bits per heavy atom. The summed E-state index contributed by atoms with van der Waals surface area (Å²) in [6, 6.07) is 8.99. The lowest BCUT2D eigenvalue weighted by molar-refractivity contribution is 0.479. The number of hydrogen-bond donors (Lipinski definition) is 0. The van der Waals surface area contributed by atoms with Crippen LogP contribution in [0.5, 0.6) is 0 Å². The standard InChI is InChI=1S/C16H23N/c1-4-14-8-10-17(11-9-14)16-7-5-6-15(12-16)13(2)3/h4-7,12-14H,1,8-11H2,2-3H3. The van der Waals surface area contributed by atoms with Gasteiger partial charge in [0.1, 0.15) is 0 Å². The molecule has 92 valence electrons. The Morgan fingerprint density at radius 3 is 2.59 bits per heavy atom. The maximum Gasteiger partial charge on any atom is 0.0369 e. The van der Waals surface area contributed by atoms with Crippen LogP contribution in [0.1, 0.15) is 38.2 Å². The molecule has 1 aliphatic heterocycles. The fourth-order valence-electron chi connectivity index (χ4n) is 2.47. The first-order chi connectivity index (χ1) is 8.20. The Morgan fingerprint density at radius 2 is 2.00 bits per heavy atom. The van der Waals surface area contributed by atoms with E-state index in [9.17, 15) is 0 Å². The van der Waals surface area contributed by atoms with Crippen molar-refractivity contribution in [3.8, 4) is 0 Å². The smallest absolute Gasteiger partial charge is 0.0369 e. The van der Waals surface area contributed by atoms with E-state index in [1.165, 1.54) is 24.1 Å². The minimum atomic E-state index is 0.612. The van der Waals surface area contributed by atoms with E-state index in [1.54, 1.807) is 0 Å². The van der Waals surface area contributed by atoms with Crippen LogP contribution in [0.2, 0.25) is 0 Å². The van der Waals surface area contributed by atoms with Crippen LogP contribution in [0.25, 0.3) is 0 Å². The molecule has 1 aromatic rings. The molecule has 0 saturated carbocycles. The summed E-state index contributed by atoms with van der Waals surface area (Å²) in [5, 5.41) is 0. The molecule has 0 aromatic heterocycles. The molecular weight excluding hydrogens is 206 g/mol. The zero-order valence-corrected chi connectivity index (χ0v) is 11.0. The van der Waals surface area contributed by atoms with Crippen molar-refractivity contribution in [3.05, 3.63) is 42.5 Å². The second-order valence-corrected chi connectivity index (χ2v) is 5.31. The third-order valence-electron chi connectivity index (χ3n) is 3.77. The number of rotatable bonds is 3. The van der Waals surface area contributed by atoms with E-state index in [2.05, 4.69) is 55.7 Å². The topological polar surface area (TPSA) is 3.24 Å². The quantitative estimate of drug-likeness (QED) is 0.702. The van der Waals surface area contributed by atoms with Gasteiger partial charge in [0.05, 0.1) is 0 Å². The predicted octanol–water partition coefficient (Wildman–Crippen LogP) is 4.21. The molecule has 1 fully saturated rings. The third kappa shape index (κ3) is 2.91. The first-order valence-corrected chi connectivity index (χ1v) is 6.68. The van der Waals surface area contributed by atoms with Crippen molar-refractivity contribution in [1.29, 1.82) is 0 Å². The molecule has 0 unspecified atom stereocenters. The van der Waals surface area contributed by atoms with E-state index in [0.717, 1.165) is 19.0 Å². The molecule has 0 spiro atoms. The summed E-state index contributed by atoms with van der Waals surface area (Å²) in [5.74, 6) is 1.33. The first-order valence-electron chi connectivity index (χ1n) is 6.68. The van der Waals surface area contributed by atoms with E-state index in [4.69, 9.17) is 0 Å². The molecule has 0 atom stereocenters. The molecule has 1 saturated heterocycles. The molecule has 2 rings (SSSR count). The lowest BCUT2D eigenvalue weighted by Gasteiger charge is -2.32. The minimum absolute atomic E-state index is 0.612. The maximum atomic E-state index is 3.90. The van der Waals surface area contributed by atoms with Gasteiger partial charge in [-0.1, -0.05) is 32.1 Å². The monoisotopic (exact) mass is 229 g/mol. The summed E-state index contributed by atoms with van der Waals surface area (Å²) < 4.78 is 0. The average Bonchev–Trinajstić information content (AvgIpc) is 2.39. The molecule has 1 heterocycles. The summed E-state index contributed by atoms with van der Waals surface area (Å²) in [5.41, 5.74) is 2.83. The largest absolute Gasteiger partial charge is 0.371 e. The van der Waals surface area contributed by atoms with E-state index in [0.29, 0.717) is 5.92 Å². The summed E-state index contributed by atoms with van der Waals surface area (Å²) in [6.45, 7) is 10.7. The van der Waals surface area contributed by atoms with Gasteiger partial charge in [-0.05, 0) is 42.4 Å². The SMILES string of the molecule is C=CC1CCN(c2cccc(C(C)C)c2)CC1. The average molecular weight is 229 g/mol. The normalized spacial score (nSPS) is 17.5. The van der Waals surface area contributed by atoms with Gasteiger partial charge in [0.25, 0.3) is 0 Å². The zero-order chi connectivity index (χ0) is 12.3. The van der Waals surface area contributed by atoms with Crippen LogP contribution >= 0.6 is 0 Å². The Balaban J connectivity index is 2.07. The Labute approximate surface area is 105 Å². The number of benzene rings is 1. The Bertz CT molecular complexity index is 373. The highest BCUT2D eigenvalue weighted by atomic mass is 15.1. The third-order valence-corrected chi connectivity index (χ3v) is 3.77. The van der Waals surface area contributed by atoms with E-state index < -0.39 is 0 Å². The van der Waals surface area contributed by atoms with Gasteiger partial charge < -0.3 is 4.90 Å². The zero-order valence-electron chi connectivity index (χ0n) is 11.0. The Hall–Kier alpha value is -1.24. The lowest BCUT2D eigenvalue weighted by Crippen LogP contribution is -2.33. The highest BCUT2D eigenvalue weighted by molar-refractivity contribution is 5.49. The first kappa shape index (κ1) is 12.2. The van der Waals surface area contributed by atoms with Crippen LogP contribution in [-0.4, -0.2) is 13.1 Å². The van der Waals surface area contributed by atoms with Crippen LogP contribution in [0.3, 0.4) is 0 Å². The molecule has 0 aliphatic carbocycles. The van der Waals surface area contributed by atoms with Gasteiger partial charge in [-0.3, -0.25) is 0 Å². The van der Waals surface area contributed by atoms with Crippen LogP contribution in [-0.2, 0) is 0 Å². The van der Waals surface area contributed by atoms with Crippen LogP contribution in [0.4, 0.5) is 5.69 Å². The van der Waals surface area contributed by atoms with E-state index in [-0.39, 0.29) is 0 Å². The number of nitrogens with zero attached hydrogens (tertiary/aromatic N) is 1. The highest BCUT2D eigenvalue weighted by Crippen LogP contribution is 2.26. The van der Waals surface area contributed by atoms with Crippen molar-refractivity contribution in [2.24, 2.45) is 5.92 Å². The van der Waals surface area contributed by atoms with Gasteiger partial charge in [-0.2, -0.15) is 0 Å². The van der Waals surface area contributed by atoms with Crippen molar-refractivity contribution < 1.29 is 0 Å². The number of piperidine rings is 1. The molecular formula is C16H23N. The summed E-state index contributed by atoms with van der Waals surface area (Å²) in [4.78, 5) is 2.51. The number of hydrogen-bond acceptors (Lipinski definition) is 1. The van der Waals surface area contributed by atoms with Crippen LogP contribution < -0.4 is 4.90 Å². The van der Waals surface area contributed by atoms with E-state index >= 15 is 0 Å². The fourth-order valence-corrected chi connectivity index (χ4v) is 2.47. The van der Waals surface area contributed by atoms with Gasteiger partial charge in [-0.25, -0.2) is 0 Å². The highest BCUT2D eigenvalue weighted by Gasteiger charge is 2.17. The maximum absolute atomic E-state index is 3.90. The number of allylic oxidation sites excluding steroid dienone is 1. The van der Waals surface area contributed by atoms with Gasteiger partial charge in [0.2, 0.25) is 0 Å². The molecule has 0 bridgehead atoms.